The van der Waals surface area contributed by atoms with E-state index in [1.54, 1.807) is 0 Å². The minimum Gasteiger partial charge on any atom is -0.201 e. The topological polar surface area (TPSA) is 3.88 Å². The zero-order valence-electron chi connectivity index (χ0n) is 23.4. The van der Waals surface area contributed by atoms with Crippen molar-refractivity contribution in [3.05, 3.63) is 53.2 Å². The van der Waals surface area contributed by atoms with Gasteiger partial charge in [0.1, 0.15) is 7.05 Å². The van der Waals surface area contributed by atoms with Crippen molar-refractivity contribution in [2.24, 2.45) is 7.05 Å². The first-order valence-electron chi connectivity index (χ1n) is 13.4. The van der Waals surface area contributed by atoms with Gasteiger partial charge in [-0.05, 0) is 66.7 Å². The summed E-state index contributed by atoms with van der Waals surface area (Å²) in [6.07, 6.45) is 7.49. The fourth-order valence-electron chi connectivity index (χ4n) is 4.52. The van der Waals surface area contributed by atoms with Crippen LogP contribution in [0.5, 0.6) is 0 Å². The Kier molecular flexibility index (Phi) is 3.90. The van der Waals surface area contributed by atoms with E-state index >= 15 is 0 Å². The SMILES string of the molecule is [2H]C([2H])([2H])C(CC)(CC)c1ccc(-c2ccc(C3(C([2H])([2H])[2H])CCCCC3)c[n+]2C)c(C)c1. The number of pyridine rings is 1. The molecular weight excluding hydrogens is 326 g/mol. The summed E-state index contributed by atoms with van der Waals surface area (Å²) in [5, 5.41) is 0. The van der Waals surface area contributed by atoms with Gasteiger partial charge in [0.2, 0.25) is 5.69 Å². The van der Waals surface area contributed by atoms with Crippen LogP contribution in [-0.4, -0.2) is 0 Å². The fraction of sp³-hybridized carbons (Fsp3) is 0.577. The van der Waals surface area contributed by atoms with Gasteiger partial charge >= 0.3 is 0 Å². The minimum absolute atomic E-state index is 0.554. The van der Waals surface area contributed by atoms with E-state index in [1.807, 2.05) is 68.9 Å². The summed E-state index contributed by atoms with van der Waals surface area (Å²) in [6, 6.07) is 10.0. The molecule has 27 heavy (non-hydrogen) atoms. The second-order valence-corrected chi connectivity index (χ2v) is 8.38. The van der Waals surface area contributed by atoms with Crippen LogP contribution < -0.4 is 4.57 Å². The highest BCUT2D eigenvalue weighted by molar-refractivity contribution is 5.62. The Balaban J connectivity index is 2.05. The van der Waals surface area contributed by atoms with E-state index in [4.69, 9.17) is 8.22 Å². The van der Waals surface area contributed by atoms with Crippen LogP contribution in [0, 0.1) is 6.92 Å². The van der Waals surface area contributed by atoms with E-state index in [9.17, 15) is 0 Å². The highest BCUT2D eigenvalue weighted by atomic mass is 14.9. The van der Waals surface area contributed by atoms with Gasteiger partial charge in [0.05, 0.1) is 0 Å². The largest absolute Gasteiger partial charge is 0.212 e. The lowest BCUT2D eigenvalue weighted by molar-refractivity contribution is -0.661. The number of hydrogen-bond acceptors (Lipinski definition) is 0. The molecule has 1 fully saturated rings. The normalized spacial score (nSPS) is 21.3. The summed E-state index contributed by atoms with van der Waals surface area (Å²) < 4.78 is 51.4. The van der Waals surface area contributed by atoms with E-state index in [0.717, 1.165) is 47.2 Å². The number of hydrogen-bond donors (Lipinski definition) is 0. The van der Waals surface area contributed by atoms with Crippen LogP contribution >= 0.6 is 0 Å². The molecule has 146 valence electrons. The molecule has 1 aliphatic rings. The van der Waals surface area contributed by atoms with Gasteiger partial charge in [0.15, 0.2) is 6.20 Å². The van der Waals surface area contributed by atoms with Crippen molar-refractivity contribution >= 4 is 0 Å². The maximum Gasteiger partial charge on any atom is 0.212 e. The van der Waals surface area contributed by atoms with Crippen molar-refractivity contribution < 1.29 is 12.8 Å². The molecule has 1 nitrogen and oxygen atoms in total. The van der Waals surface area contributed by atoms with E-state index in [2.05, 4.69) is 0 Å². The van der Waals surface area contributed by atoms with Gasteiger partial charge in [-0.2, -0.15) is 0 Å². The summed E-state index contributed by atoms with van der Waals surface area (Å²) in [4.78, 5) is 0. The van der Waals surface area contributed by atoms with E-state index in [1.165, 1.54) is 0 Å². The van der Waals surface area contributed by atoms with Crippen LogP contribution in [0.2, 0.25) is 0 Å². The highest BCUT2D eigenvalue weighted by Crippen LogP contribution is 2.39. The maximum atomic E-state index is 8.28. The third kappa shape index (κ3) is 3.84. The molecular formula is C26H38N+. The average Bonchev–Trinajstić information content (AvgIpc) is 2.74. The molecule has 1 aliphatic carbocycles. The quantitative estimate of drug-likeness (QED) is 0.510. The van der Waals surface area contributed by atoms with E-state index in [-0.39, 0.29) is 0 Å². The molecule has 0 radical (unpaired) electrons. The van der Waals surface area contributed by atoms with Crippen LogP contribution in [0.15, 0.2) is 36.5 Å². The monoisotopic (exact) mass is 370 g/mol. The average molecular weight is 371 g/mol. The lowest BCUT2D eigenvalue weighted by Crippen LogP contribution is -2.35. The fourth-order valence-corrected chi connectivity index (χ4v) is 4.52. The molecule has 0 bridgehead atoms. The van der Waals surface area contributed by atoms with Gasteiger partial charge in [-0.25, -0.2) is 4.57 Å². The second kappa shape index (κ2) is 7.78. The molecule has 0 N–H and O–H groups in total. The van der Waals surface area contributed by atoms with Crippen molar-refractivity contribution in [1.29, 1.82) is 0 Å². The van der Waals surface area contributed by atoms with Gasteiger partial charge in [-0.15, -0.1) is 0 Å². The Morgan fingerprint density at radius 3 is 2.37 bits per heavy atom. The van der Waals surface area contributed by atoms with Gasteiger partial charge in [0, 0.05) is 25.4 Å². The van der Waals surface area contributed by atoms with Gasteiger partial charge in [-0.3, -0.25) is 0 Å². The molecule has 0 unspecified atom stereocenters. The molecule has 3 rings (SSSR count). The summed E-state index contributed by atoms with van der Waals surface area (Å²) >= 11 is 0. The van der Waals surface area contributed by atoms with Crippen molar-refractivity contribution in [2.75, 3.05) is 0 Å². The first kappa shape index (κ1) is 13.5. The highest BCUT2D eigenvalue weighted by Gasteiger charge is 2.31. The van der Waals surface area contributed by atoms with Gasteiger partial charge < -0.3 is 0 Å². The molecule has 0 spiro atoms. The van der Waals surface area contributed by atoms with Crippen LogP contribution in [0.4, 0.5) is 0 Å². The van der Waals surface area contributed by atoms with Crippen LogP contribution in [0.3, 0.4) is 0 Å². The van der Waals surface area contributed by atoms with Gasteiger partial charge in [-0.1, -0.05) is 58.9 Å². The molecule has 0 atom stereocenters. The molecule has 1 heterocycles. The van der Waals surface area contributed by atoms with Crippen LogP contribution in [0.25, 0.3) is 11.3 Å². The molecule has 0 aliphatic heterocycles. The molecule has 1 aromatic carbocycles. The van der Waals surface area contributed by atoms with E-state index in [0.29, 0.717) is 25.7 Å². The number of rotatable bonds is 5. The van der Waals surface area contributed by atoms with Crippen LogP contribution in [0.1, 0.15) is 97.4 Å². The van der Waals surface area contributed by atoms with Crippen molar-refractivity contribution in [2.45, 2.75) is 90.3 Å². The standard InChI is InChI=1S/C26H38N/c1-7-25(4,8-2)21-12-14-23(20(3)18-21)24-15-13-22(19-27(24)6)26(5)16-10-9-11-17-26/h12-15,18-19H,7-11,16-17H2,1-6H3/q+1/i4D3,5D3. The first-order chi connectivity index (χ1) is 15.3. The number of nitrogens with zero attached hydrogens (tertiary/aromatic N) is 1. The van der Waals surface area contributed by atoms with E-state index < -0.39 is 24.5 Å². The van der Waals surface area contributed by atoms with Crippen molar-refractivity contribution in [3.63, 3.8) is 0 Å². The lowest BCUT2D eigenvalue weighted by atomic mass is 9.71. The number of aryl methyl sites for hydroxylation is 2. The lowest BCUT2D eigenvalue weighted by Gasteiger charge is -2.33. The smallest absolute Gasteiger partial charge is 0.201 e. The second-order valence-electron chi connectivity index (χ2n) is 8.38. The zero-order valence-corrected chi connectivity index (χ0v) is 17.4. The zero-order chi connectivity index (χ0) is 24.7. The number of aromatic nitrogens is 1. The summed E-state index contributed by atoms with van der Waals surface area (Å²) in [5.74, 6) is 0. The molecule has 0 amide bonds. The maximum absolute atomic E-state index is 8.28. The Hall–Kier alpha value is -1.63. The molecule has 1 aromatic heterocycles. The van der Waals surface area contributed by atoms with Crippen LogP contribution in [-0.2, 0) is 17.9 Å². The summed E-state index contributed by atoms with van der Waals surface area (Å²) in [6.45, 7) is 1.82. The Morgan fingerprint density at radius 2 is 1.81 bits per heavy atom. The third-order valence-corrected chi connectivity index (χ3v) is 6.66. The Bertz CT molecular complexity index is 979. The minimum atomic E-state index is -2.07. The molecule has 1 heteroatoms. The number of benzene rings is 1. The summed E-state index contributed by atoms with van der Waals surface area (Å²) in [7, 11) is 1.97. The molecule has 2 aromatic rings. The summed E-state index contributed by atoms with van der Waals surface area (Å²) in [5.41, 5.74) is 3.17. The molecule has 1 saturated carbocycles. The van der Waals surface area contributed by atoms with Gasteiger partial charge in [0.25, 0.3) is 0 Å². The predicted octanol–water partition coefficient (Wildman–Crippen LogP) is 6.79. The Labute approximate surface area is 175 Å². The third-order valence-electron chi connectivity index (χ3n) is 6.66. The first-order valence-corrected chi connectivity index (χ1v) is 10.4. The Morgan fingerprint density at radius 1 is 1.07 bits per heavy atom. The molecule has 0 saturated heterocycles. The van der Waals surface area contributed by atoms with Crippen molar-refractivity contribution in [1.82, 2.24) is 0 Å². The predicted molar refractivity (Wildman–Crippen MR) is 116 cm³/mol. The van der Waals surface area contributed by atoms with Crippen molar-refractivity contribution in [3.8, 4) is 11.3 Å².